The monoisotopic (exact) mass is 345 g/mol. The van der Waals surface area contributed by atoms with Gasteiger partial charge in [-0.3, -0.25) is 4.79 Å². The number of nitrogens with one attached hydrogen (secondary N) is 2. The van der Waals surface area contributed by atoms with E-state index < -0.39 is 0 Å². The first-order chi connectivity index (χ1) is 8.16. The summed E-state index contributed by atoms with van der Waals surface area (Å²) in [5, 5.41) is 6.13. The second-order valence-electron chi connectivity index (χ2n) is 4.30. The van der Waals surface area contributed by atoms with Crippen LogP contribution in [0.15, 0.2) is 12.1 Å². The lowest BCUT2D eigenvalue weighted by atomic mass is 9.99. The molecular formula is C12H16IN3O. The van der Waals surface area contributed by atoms with Crippen LogP contribution in [-0.4, -0.2) is 24.0 Å². The number of pyridine rings is 1. The average molecular weight is 345 g/mol. The second kappa shape index (κ2) is 5.77. The number of aryl methyl sites for hydroxylation is 1. The largest absolute Gasteiger partial charge is 0.316 e. The Bertz CT molecular complexity index is 416. The van der Waals surface area contributed by atoms with E-state index in [1.54, 1.807) is 0 Å². The summed E-state index contributed by atoms with van der Waals surface area (Å²) in [4.78, 5) is 16.3. The van der Waals surface area contributed by atoms with E-state index in [9.17, 15) is 4.79 Å². The molecule has 1 atom stereocenters. The van der Waals surface area contributed by atoms with Crippen molar-refractivity contribution < 1.29 is 4.79 Å². The summed E-state index contributed by atoms with van der Waals surface area (Å²) in [6.45, 7) is 3.74. The Morgan fingerprint density at radius 2 is 2.41 bits per heavy atom. The number of hydrogen-bond acceptors (Lipinski definition) is 3. The van der Waals surface area contributed by atoms with Gasteiger partial charge in [-0.05, 0) is 61.0 Å². The van der Waals surface area contributed by atoms with Gasteiger partial charge in [-0.2, -0.15) is 0 Å². The molecule has 17 heavy (non-hydrogen) atoms. The van der Waals surface area contributed by atoms with Crippen LogP contribution in [0.5, 0.6) is 0 Å². The quantitative estimate of drug-likeness (QED) is 0.806. The molecule has 1 aliphatic heterocycles. The normalized spacial score (nSPS) is 20.0. The Balaban J connectivity index is 1.99. The molecule has 2 heterocycles. The molecule has 1 aromatic rings. The first kappa shape index (κ1) is 12.8. The standard InChI is InChI=1S/C12H16IN3O/c1-8-10(13)4-5-11(15-8)16-12(17)9-3-2-6-14-7-9/h4-5,9,14H,2-3,6-7H2,1H3,(H,15,16,17). The molecule has 0 bridgehead atoms. The lowest BCUT2D eigenvalue weighted by Crippen LogP contribution is -2.37. The van der Waals surface area contributed by atoms with Crippen LogP contribution in [0.1, 0.15) is 18.5 Å². The third-order valence-electron chi connectivity index (χ3n) is 2.94. The summed E-state index contributed by atoms with van der Waals surface area (Å²) in [5.74, 6) is 0.800. The van der Waals surface area contributed by atoms with E-state index in [0.717, 1.165) is 35.2 Å². The Hall–Kier alpha value is -0.690. The highest BCUT2D eigenvalue weighted by Crippen LogP contribution is 2.15. The number of anilines is 1. The van der Waals surface area contributed by atoms with Gasteiger partial charge in [-0.1, -0.05) is 0 Å². The van der Waals surface area contributed by atoms with E-state index in [4.69, 9.17) is 0 Å². The minimum absolute atomic E-state index is 0.0742. The molecule has 1 aromatic heterocycles. The highest BCUT2D eigenvalue weighted by molar-refractivity contribution is 14.1. The van der Waals surface area contributed by atoms with Crippen molar-refractivity contribution in [2.45, 2.75) is 19.8 Å². The molecule has 0 saturated carbocycles. The minimum atomic E-state index is 0.0742. The number of carbonyl (C=O) groups is 1. The van der Waals surface area contributed by atoms with Gasteiger partial charge in [0.1, 0.15) is 5.82 Å². The van der Waals surface area contributed by atoms with Crippen LogP contribution in [0.2, 0.25) is 0 Å². The Morgan fingerprint density at radius 1 is 1.59 bits per heavy atom. The van der Waals surface area contributed by atoms with Crippen LogP contribution < -0.4 is 10.6 Å². The third-order valence-corrected chi connectivity index (χ3v) is 4.08. The summed E-state index contributed by atoms with van der Waals surface area (Å²) in [5.41, 5.74) is 0.949. The first-order valence-corrected chi connectivity index (χ1v) is 6.89. The van der Waals surface area contributed by atoms with Gasteiger partial charge >= 0.3 is 0 Å². The Labute approximate surface area is 115 Å². The van der Waals surface area contributed by atoms with Gasteiger partial charge in [0.25, 0.3) is 0 Å². The minimum Gasteiger partial charge on any atom is -0.316 e. The molecule has 1 fully saturated rings. The molecule has 4 nitrogen and oxygen atoms in total. The smallest absolute Gasteiger partial charge is 0.229 e. The number of nitrogens with zero attached hydrogens (tertiary/aromatic N) is 1. The SMILES string of the molecule is Cc1nc(NC(=O)C2CCCNC2)ccc1I. The van der Waals surface area contributed by atoms with Crippen molar-refractivity contribution in [1.29, 1.82) is 0 Å². The molecule has 1 saturated heterocycles. The van der Waals surface area contributed by atoms with Crippen LogP contribution in [0, 0.1) is 16.4 Å². The Kier molecular flexibility index (Phi) is 4.33. The molecule has 1 amide bonds. The molecule has 0 radical (unpaired) electrons. The molecule has 0 aromatic carbocycles. The van der Waals surface area contributed by atoms with E-state index in [0.29, 0.717) is 5.82 Å². The summed E-state index contributed by atoms with van der Waals surface area (Å²) in [7, 11) is 0. The van der Waals surface area contributed by atoms with E-state index in [2.05, 4.69) is 38.2 Å². The summed E-state index contributed by atoms with van der Waals surface area (Å²) < 4.78 is 1.11. The maximum Gasteiger partial charge on any atom is 0.229 e. The molecule has 2 rings (SSSR count). The van der Waals surface area contributed by atoms with Crippen molar-refractivity contribution in [2.24, 2.45) is 5.92 Å². The zero-order chi connectivity index (χ0) is 12.3. The highest BCUT2D eigenvalue weighted by atomic mass is 127. The zero-order valence-corrected chi connectivity index (χ0v) is 12.0. The van der Waals surface area contributed by atoms with Crippen LogP contribution >= 0.6 is 22.6 Å². The van der Waals surface area contributed by atoms with Gasteiger partial charge in [-0.15, -0.1) is 0 Å². The summed E-state index contributed by atoms with van der Waals surface area (Å²) in [6.07, 6.45) is 2.03. The van der Waals surface area contributed by atoms with Gasteiger partial charge in [0.05, 0.1) is 11.6 Å². The van der Waals surface area contributed by atoms with Gasteiger partial charge in [0.15, 0.2) is 0 Å². The average Bonchev–Trinajstić information content (AvgIpc) is 2.35. The maximum atomic E-state index is 12.0. The van der Waals surface area contributed by atoms with Crippen LogP contribution in [0.4, 0.5) is 5.82 Å². The summed E-state index contributed by atoms with van der Waals surface area (Å²) in [6, 6.07) is 3.82. The van der Waals surface area contributed by atoms with Crippen LogP contribution in [-0.2, 0) is 4.79 Å². The molecule has 1 unspecified atom stereocenters. The fourth-order valence-electron chi connectivity index (χ4n) is 1.92. The highest BCUT2D eigenvalue weighted by Gasteiger charge is 2.21. The van der Waals surface area contributed by atoms with E-state index in [1.807, 2.05) is 19.1 Å². The van der Waals surface area contributed by atoms with Crippen molar-refractivity contribution in [1.82, 2.24) is 10.3 Å². The molecular weight excluding hydrogens is 329 g/mol. The number of aromatic nitrogens is 1. The Morgan fingerprint density at radius 3 is 3.06 bits per heavy atom. The van der Waals surface area contributed by atoms with Crippen molar-refractivity contribution in [3.8, 4) is 0 Å². The molecule has 0 spiro atoms. The maximum absolute atomic E-state index is 12.0. The van der Waals surface area contributed by atoms with Gasteiger partial charge < -0.3 is 10.6 Å². The molecule has 5 heteroatoms. The van der Waals surface area contributed by atoms with Gasteiger partial charge in [0, 0.05) is 10.1 Å². The number of halogens is 1. The third kappa shape index (κ3) is 3.38. The second-order valence-corrected chi connectivity index (χ2v) is 5.46. The number of amides is 1. The number of piperidine rings is 1. The van der Waals surface area contributed by atoms with Crippen molar-refractivity contribution in [2.75, 3.05) is 18.4 Å². The van der Waals surface area contributed by atoms with E-state index in [1.165, 1.54) is 0 Å². The summed E-state index contributed by atoms with van der Waals surface area (Å²) >= 11 is 2.23. The van der Waals surface area contributed by atoms with Crippen molar-refractivity contribution in [3.05, 3.63) is 21.4 Å². The lowest BCUT2D eigenvalue weighted by Gasteiger charge is -2.21. The lowest BCUT2D eigenvalue weighted by molar-refractivity contribution is -0.120. The van der Waals surface area contributed by atoms with Gasteiger partial charge in [0.2, 0.25) is 5.91 Å². The molecule has 2 N–H and O–H groups in total. The predicted octanol–water partition coefficient (Wildman–Crippen LogP) is 1.93. The van der Waals surface area contributed by atoms with Gasteiger partial charge in [-0.25, -0.2) is 4.98 Å². The molecule has 92 valence electrons. The van der Waals surface area contributed by atoms with E-state index >= 15 is 0 Å². The number of hydrogen-bond donors (Lipinski definition) is 2. The van der Waals surface area contributed by atoms with E-state index in [-0.39, 0.29) is 11.8 Å². The van der Waals surface area contributed by atoms with Crippen LogP contribution in [0.25, 0.3) is 0 Å². The molecule has 0 aliphatic carbocycles. The fourth-order valence-corrected chi connectivity index (χ4v) is 2.22. The topological polar surface area (TPSA) is 54.0 Å². The van der Waals surface area contributed by atoms with Crippen molar-refractivity contribution >= 4 is 34.3 Å². The molecule has 1 aliphatic rings. The van der Waals surface area contributed by atoms with Crippen molar-refractivity contribution in [3.63, 3.8) is 0 Å². The first-order valence-electron chi connectivity index (χ1n) is 5.81. The van der Waals surface area contributed by atoms with Crippen LogP contribution in [0.3, 0.4) is 0 Å². The fraction of sp³-hybridized carbons (Fsp3) is 0.500. The predicted molar refractivity (Wildman–Crippen MR) is 75.9 cm³/mol. The number of rotatable bonds is 2. The number of carbonyl (C=O) groups excluding carboxylic acids is 1. The zero-order valence-electron chi connectivity index (χ0n) is 9.79.